The highest BCUT2D eigenvalue weighted by Crippen LogP contribution is 2.17. The van der Waals surface area contributed by atoms with E-state index in [0.717, 1.165) is 17.4 Å². The molecule has 0 aliphatic carbocycles. The van der Waals surface area contributed by atoms with E-state index in [1.807, 2.05) is 0 Å². The van der Waals surface area contributed by atoms with Gasteiger partial charge < -0.3 is 9.32 Å². The first kappa shape index (κ1) is 23.0. The first-order chi connectivity index (χ1) is 15.7. The largest absolute Gasteiger partial charge is 0.465 e. The van der Waals surface area contributed by atoms with Crippen molar-refractivity contribution in [3.05, 3.63) is 62.7 Å². The highest BCUT2D eigenvalue weighted by molar-refractivity contribution is 7.89. The molecule has 2 aromatic heterocycles. The summed E-state index contributed by atoms with van der Waals surface area (Å²) < 4.78 is 35.7. The zero-order chi connectivity index (χ0) is 23.8. The number of rotatable bonds is 7. The summed E-state index contributed by atoms with van der Waals surface area (Å²) >= 11 is 0. The zero-order valence-corrected chi connectivity index (χ0v) is 19.4. The molecule has 176 valence electrons. The van der Waals surface area contributed by atoms with Crippen LogP contribution in [0.3, 0.4) is 0 Å². The van der Waals surface area contributed by atoms with Crippen LogP contribution in [0.2, 0.25) is 0 Å². The first-order valence-electron chi connectivity index (χ1n) is 10.7. The maximum atomic E-state index is 13.1. The van der Waals surface area contributed by atoms with Crippen molar-refractivity contribution in [1.82, 2.24) is 18.8 Å². The van der Waals surface area contributed by atoms with Gasteiger partial charge in [0, 0.05) is 33.1 Å². The standard InChI is InChI=1S/C22H26N4O6S/c1-15-5-6-16(32-15)14-23-33(30,31)17-7-8-19-18(13-17)21(28)26(22(29)24(19)2)12-9-20(27)25-10-3-4-11-25/h5-8,13,23H,3-4,9-12,14H2,1-2H3. The van der Waals surface area contributed by atoms with E-state index in [1.165, 1.54) is 29.8 Å². The zero-order valence-electron chi connectivity index (χ0n) is 18.5. The Morgan fingerprint density at radius 3 is 2.52 bits per heavy atom. The molecule has 1 aromatic carbocycles. The molecule has 10 nitrogen and oxygen atoms in total. The molecule has 0 radical (unpaired) electrons. The van der Waals surface area contributed by atoms with Crippen molar-refractivity contribution < 1.29 is 17.6 Å². The maximum Gasteiger partial charge on any atom is 0.331 e. The van der Waals surface area contributed by atoms with E-state index in [9.17, 15) is 22.8 Å². The van der Waals surface area contributed by atoms with E-state index < -0.39 is 21.3 Å². The number of aryl methyl sites for hydroxylation is 2. The molecule has 11 heteroatoms. The molecule has 33 heavy (non-hydrogen) atoms. The molecule has 3 heterocycles. The van der Waals surface area contributed by atoms with Crippen LogP contribution in [-0.2, 0) is 35.0 Å². The lowest BCUT2D eigenvalue weighted by molar-refractivity contribution is -0.130. The fourth-order valence-corrected chi connectivity index (χ4v) is 5.04. The van der Waals surface area contributed by atoms with E-state index in [-0.39, 0.29) is 35.7 Å². The maximum absolute atomic E-state index is 13.1. The van der Waals surface area contributed by atoms with Crippen LogP contribution < -0.4 is 16.0 Å². The summed E-state index contributed by atoms with van der Waals surface area (Å²) in [5.74, 6) is 1.03. The summed E-state index contributed by atoms with van der Waals surface area (Å²) in [6.45, 7) is 3.04. The van der Waals surface area contributed by atoms with Crippen LogP contribution in [-0.4, -0.2) is 41.4 Å². The third-order valence-electron chi connectivity index (χ3n) is 5.87. The quantitative estimate of drug-likeness (QED) is 0.547. The molecule has 0 bridgehead atoms. The molecular formula is C22H26N4O6S. The van der Waals surface area contributed by atoms with Crippen LogP contribution >= 0.6 is 0 Å². The van der Waals surface area contributed by atoms with Crippen LogP contribution in [0, 0.1) is 6.92 Å². The number of carbonyl (C=O) groups excluding carboxylic acids is 1. The second kappa shape index (κ2) is 8.99. The summed E-state index contributed by atoms with van der Waals surface area (Å²) in [5, 5.41) is 0.0856. The first-order valence-corrected chi connectivity index (χ1v) is 12.2. The fraction of sp³-hybridized carbons (Fsp3) is 0.409. The number of nitrogens with zero attached hydrogens (tertiary/aromatic N) is 3. The molecule has 1 N–H and O–H groups in total. The van der Waals surface area contributed by atoms with Crippen molar-refractivity contribution in [2.45, 2.75) is 44.2 Å². The number of carbonyl (C=O) groups is 1. The lowest BCUT2D eigenvalue weighted by atomic mass is 10.2. The van der Waals surface area contributed by atoms with Crippen LogP contribution in [0.1, 0.15) is 30.8 Å². The average molecular weight is 475 g/mol. The molecule has 1 aliphatic rings. The minimum atomic E-state index is -3.94. The number of likely N-dealkylation sites (tertiary alicyclic amines) is 1. The molecule has 0 saturated carbocycles. The molecule has 1 saturated heterocycles. The monoisotopic (exact) mass is 474 g/mol. The predicted molar refractivity (Wildman–Crippen MR) is 121 cm³/mol. The molecule has 1 fully saturated rings. The second-order valence-electron chi connectivity index (χ2n) is 8.15. The van der Waals surface area contributed by atoms with Gasteiger partial charge in [0.15, 0.2) is 0 Å². The van der Waals surface area contributed by atoms with Crippen LogP contribution in [0.4, 0.5) is 0 Å². The smallest absolute Gasteiger partial charge is 0.331 e. The Morgan fingerprint density at radius 1 is 1.12 bits per heavy atom. The Balaban J connectivity index is 1.63. The number of aromatic nitrogens is 2. The molecule has 3 aromatic rings. The van der Waals surface area contributed by atoms with Gasteiger partial charge in [0.25, 0.3) is 5.56 Å². The third-order valence-corrected chi connectivity index (χ3v) is 7.27. The van der Waals surface area contributed by atoms with Gasteiger partial charge >= 0.3 is 5.69 Å². The van der Waals surface area contributed by atoms with Crippen molar-refractivity contribution in [1.29, 1.82) is 0 Å². The number of hydrogen-bond acceptors (Lipinski definition) is 6. The van der Waals surface area contributed by atoms with Gasteiger partial charge in [-0.2, -0.15) is 0 Å². The van der Waals surface area contributed by atoms with Gasteiger partial charge in [0.05, 0.1) is 22.3 Å². The average Bonchev–Trinajstić information content (AvgIpc) is 3.48. The van der Waals surface area contributed by atoms with Gasteiger partial charge in [-0.1, -0.05) is 0 Å². The Hall–Kier alpha value is -3.18. The third kappa shape index (κ3) is 4.64. The summed E-state index contributed by atoms with van der Waals surface area (Å²) in [6.07, 6.45) is 1.94. The number of nitrogens with one attached hydrogen (secondary N) is 1. The molecule has 0 unspecified atom stereocenters. The molecular weight excluding hydrogens is 448 g/mol. The van der Waals surface area contributed by atoms with Gasteiger partial charge in [-0.15, -0.1) is 0 Å². The minimum Gasteiger partial charge on any atom is -0.465 e. The van der Waals surface area contributed by atoms with Crippen molar-refractivity contribution in [3.8, 4) is 0 Å². The minimum absolute atomic E-state index is 0.0305. The van der Waals surface area contributed by atoms with Crippen molar-refractivity contribution >= 4 is 26.8 Å². The lowest BCUT2D eigenvalue weighted by Gasteiger charge is -2.16. The van der Waals surface area contributed by atoms with E-state index in [1.54, 1.807) is 24.0 Å². The number of amides is 1. The van der Waals surface area contributed by atoms with E-state index >= 15 is 0 Å². The van der Waals surface area contributed by atoms with Crippen LogP contribution in [0.5, 0.6) is 0 Å². The molecule has 1 amide bonds. The SMILES string of the molecule is Cc1ccc(CNS(=O)(=O)c2ccc3c(c2)c(=O)n(CCC(=O)N2CCCC2)c(=O)n3C)o1. The molecule has 4 rings (SSSR count). The normalized spacial score (nSPS) is 14.3. The Kier molecular flexibility index (Phi) is 6.26. The van der Waals surface area contributed by atoms with Crippen molar-refractivity contribution in [3.63, 3.8) is 0 Å². The predicted octanol–water partition coefficient (Wildman–Crippen LogP) is 1.09. The van der Waals surface area contributed by atoms with Gasteiger partial charge in [0.2, 0.25) is 15.9 Å². The van der Waals surface area contributed by atoms with Crippen LogP contribution in [0.15, 0.2) is 49.2 Å². The van der Waals surface area contributed by atoms with Gasteiger partial charge in [-0.3, -0.25) is 18.7 Å². The summed E-state index contributed by atoms with van der Waals surface area (Å²) in [7, 11) is -2.43. The van der Waals surface area contributed by atoms with Crippen LogP contribution in [0.25, 0.3) is 10.9 Å². The number of benzene rings is 1. The van der Waals surface area contributed by atoms with E-state index in [0.29, 0.717) is 30.1 Å². The van der Waals surface area contributed by atoms with Gasteiger partial charge in [-0.05, 0) is 50.1 Å². The molecule has 0 atom stereocenters. The number of sulfonamides is 1. The van der Waals surface area contributed by atoms with Crippen molar-refractivity contribution in [2.75, 3.05) is 13.1 Å². The topological polar surface area (TPSA) is 124 Å². The molecule has 1 aliphatic heterocycles. The Morgan fingerprint density at radius 2 is 1.85 bits per heavy atom. The van der Waals surface area contributed by atoms with Gasteiger partial charge in [-0.25, -0.2) is 17.9 Å². The number of hydrogen-bond donors (Lipinski definition) is 1. The van der Waals surface area contributed by atoms with Crippen molar-refractivity contribution in [2.24, 2.45) is 7.05 Å². The summed E-state index contributed by atoms with van der Waals surface area (Å²) in [5.41, 5.74) is -0.864. The second-order valence-corrected chi connectivity index (χ2v) is 9.92. The Labute approximate surface area is 190 Å². The highest BCUT2D eigenvalue weighted by Gasteiger charge is 2.21. The van der Waals surface area contributed by atoms with E-state index in [2.05, 4.69) is 4.72 Å². The summed E-state index contributed by atoms with van der Waals surface area (Å²) in [4.78, 5) is 39.8. The van der Waals surface area contributed by atoms with Gasteiger partial charge in [0.1, 0.15) is 11.5 Å². The highest BCUT2D eigenvalue weighted by atomic mass is 32.2. The number of fused-ring (bicyclic) bond motifs is 1. The summed E-state index contributed by atoms with van der Waals surface area (Å²) in [6, 6.07) is 7.44. The lowest BCUT2D eigenvalue weighted by Crippen LogP contribution is -2.40. The number of furan rings is 1. The Bertz CT molecular complexity index is 1430. The molecule has 0 spiro atoms. The fourth-order valence-electron chi connectivity index (χ4n) is 4.02. The van der Waals surface area contributed by atoms with E-state index in [4.69, 9.17) is 4.42 Å².